The van der Waals surface area contributed by atoms with Crippen LogP contribution in [0.3, 0.4) is 0 Å². The summed E-state index contributed by atoms with van der Waals surface area (Å²) in [6, 6.07) is 3.64. The van der Waals surface area contributed by atoms with Gasteiger partial charge in [-0.3, -0.25) is 19.4 Å². The molecule has 7 nitrogen and oxygen atoms in total. The van der Waals surface area contributed by atoms with Crippen LogP contribution in [0.2, 0.25) is 0 Å². The third kappa shape index (κ3) is 6.51. The van der Waals surface area contributed by atoms with E-state index in [1.807, 2.05) is 0 Å². The highest BCUT2D eigenvalue weighted by Gasteiger charge is 2.19. The predicted octanol–water partition coefficient (Wildman–Crippen LogP) is 0.932. The van der Waals surface area contributed by atoms with Crippen molar-refractivity contribution in [2.75, 3.05) is 45.8 Å². The molecule has 1 aromatic heterocycles. The molecule has 1 aliphatic heterocycles. The number of carbonyl (C=O) groups excluding carboxylic acids is 2. The first kappa shape index (κ1) is 19.5. The van der Waals surface area contributed by atoms with Crippen molar-refractivity contribution in [3.63, 3.8) is 0 Å². The summed E-state index contributed by atoms with van der Waals surface area (Å²) in [5.74, 6) is 0.280. The smallest absolute Gasteiger partial charge is 0.287 e. The third-order valence-electron chi connectivity index (χ3n) is 4.64. The molecular formula is C18H30N4O3. The Kier molecular flexibility index (Phi) is 7.94. The number of amides is 2. The molecule has 1 saturated heterocycles. The van der Waals surface area contributed by atoms with Crippen LogP contribution in [0.5, 0.6) is 0 Å². The molecule has 0 atom stereocenters. The average Bonchev–Trinajstić information content (AvgIpc) is 3.16. The monoisotopic (exact) mass is 350 g/mol. The van der Waals surface area contributed by atoms with Crippen LogP contribution >= 0.6 is 0 Å². The van der Waals surface area contributed by atoms with E-state index in [9.17, 15) is 9.59 Å². The van der Waals surface area contributed by atoms with E-state index in [0.29, 0.717) is 18.8 Å². The van der Waals surface area contributed by atoms with Crippen molar-refractivity contribution in [2.45, 2.75) is 32.7 Å². The molecular weight excluding hydrogens is 320 g/mol. The lowest BCUT2D eigenvalue weighted by molar-refractivity contribution is -0.123. The number of nitrogens with zero attached hydrogens (tertiary/aromatic N) is 2. The zero-order valence-electron chi connectivity index (χ0n) is 15.3. The van der Waals surface area contributed by atoms with E-state index in [-0.39, 0.29) is 17.9 Å². The summed E-state index contributed by atoms with van der Waals surface area (Å²) in [6.07, 6.45) is 3.44. The number of hydrogen-bond acceptors (Lipinski definition) is 5. The number of furan rings is 1. The maximum absolute atomic E-state index is 12.1. The zero-order valence-corrected chi connectivity index (χ0v) is 15.3. The van der Waals surface area contributed by atoms with E-state index in [1.54, 1.807) is 12.1 Å². The average molecular weight is 350 g/mol. The van der Waals surface area contributed by atoms with Gasteiger partial charge in [0.1, 0.15) is 0 Å². The summed E-state index contributed by atoms with van der Waals surface area (Å²) in [6.45, 7) is 9.64. The molecule has 2 rings (SSSR count). The first-order chi connectivity index (χ1) is 12.1. The van der Waals surface area contributed by atoms with Crippen LogP contribution in [0.1, 0.15) is 37.2 Å². The Morgan fingerprint density at radius 2 is 1.84 bits per heavy atom. The first-order valence-electron chi connectivity index (χ1n) is 9.18. The lowest BCUT2D eigenvalue weighted by atomic mass is 10.2. The van der Waals surface area contributed by atoms with Gasteiger partial charge in [0.05, 0.1) is 12.8 Å². The second-order valence-corrected chi connectivity index (χ2v) is 6.43. The number of nitrogens with one attached hydrogen (secondary N) is 2. The predicted molar refractivity (Wildman–Crippen MR) is 96.4 cm³/mol. The van der Waals surface area contributed by atoms with E-state index < -0.39 is 0 Å². The highest BCUT2D eigenvalue weighted by Crippen LogP contribution is 2.03. The molecule has 0 bridgehead atoms. The Hall–Kier alpha value is -1.86. The van der Waals surface area contributed by atoms with Gasteiger partial charge >= 0.3 is 0 Å². The van der Waals surface area contributed by atoms with Crippen molar-refractivity contribution in [1.29, 1.82) is 0 Å². The van der Waals surface area contributed by atoms with Crippen molar-refractivity contribution in [3.05, 3.63) is 24.2 Å². The summed E-state index contributed by atoms with van der Waals surface area (Å²) in [5, 5.41) is 5.94. The Bertz CT molecular complexity index is 520. The van der Waals surface area contributed by atoms with Gasteiger partial charge in [0.15, 0.2) is 5.76 Å². The lowest BCUT2D eigenvalue weighted by Crippen LogP contribution is -2.51. The summed E-state index contributed by atoms with van der Waals surface area (Å²) in [4.78, 5) is 28.3. The van der Waals surface area contributed by atoms with Gasteiger partial charge in [-0.25, -0.2) is 0 Å². The Morgan fingerprint density at radius 1 is 1.16 bits per heavy atom. The standard InChI is InChI=1S/C18H30N4O3/c1-3-15(4-2)20-17(23)14-22-11-9-21(10-12-22)8-7-19-18(24)16-6-5-13-25-16/h5-6,13,15H,3-4,7-12,14H2,1-2H3,(H,19,24)(H,20,23). The van der Waals surface area contributed by atoms with Gasteiger partial charge in [-0.15, -0.1) is 0 Å². The van der Waals surface area contributed by atoms with Gasteiger partial charge in [-0.05, 0) is 25.0 Å². The molecule has 2 amide bonds. The van der Waals surface area contributed by atoms with Gasteiger partial charge in [0.25, 0.3) is 5.91 Å². The second kappa shape index (κ2) is 10.2. The highest BCUT2D eigenvalue weighted by atomic mass is 16.3. The van der Waals surface area contributed by atoms with Gasteiger partial charge < -0.3 is 15.1 Å². The number of piperazine rings is 1. The third-order valence-corrected chi connectivity index (χ3v) is 4.64. The summed E-state index contributed by atoms with van der Waals surface area (Å²) in [7, 11) is 0. The maximum Gasteiger partial charge on any atom is 0.287 e. The fourth-order valence-corrected chi connectivity index (χ4v) is 2.96. The van der Waals surface area contributed by atoms with Crippen LogP contribution < -0.4 is 10.6 Å². The van der Waals surface area contributed by atoms with Crippen LogP contribution in [-0.2, 0) is 4.79 Å². The minimum Gasteiger partial charge on any atom is -0.459 e. The molecule has 0 aliphatic carbocycles. The topological polar surface area (TPSA) is 77.8 Å². The summed E-state index contributed by atoms with van der Waals surface area (Å²) < 4.78 is 5.06. The van der Waals surface area contributed by atoms with Crippen LogP contribution in [0.15, 0.2) is 22.8 Å². The van der Waals surface area contributed by atoms with E-state index in [2.05, 4.69) is 34.3 Å². The normalized spacial score (nSPS) is 16.1. The van der Waals surface area contributed by atoms with Crippen molar-refractivity contribution in [3.8, 4) is 0 Å². The van der Waals surface area contributed by atoms with Crippen molar-refractivity contribution in [2.24, 2.45) is 0 Å². The van der Waals surface area contributed by atoms with Gasteiger partial charge in [-0.1, -0.05) is 13.8 Å². The fraction of sp³-hybridized carbons (Fsp3) is 0.667. The van der Waals surface area contributed by atoms with Crippen LogP contribution in [0.4, 0.5) is 0 Å². The fourth-order valence-electron chi connectivity index (χ4n) is 2.96. The molecule has 7 heteroatoms. The van der Waals surface area contributed by atoms with E-state index in [0.717, 1.165) is 45.6 Å². The Labute approximate surface area is 149 Å². The summed E-state index contributed by atoms with van der Waals surface area (Å²) >= 11 is 0. The van der Waals surface area contributed by atoms with Crippen LogP contribution in [0.25, 0.3) is 0 Å². The SMILES string of the molecule is CCC(CC)NC(=O)CN1CCN(CCNC(=O)c2ccco2)CC1. The van der Waals surface area contributed by atoms with E-state index in [1.165, 1.54) is 6.26 Å². The molecule has 25 heavy (non-hydrogen) atoms. The molecule has 0 radical (unpaired) electrons. The molecule has 0 unspecified atom stereocenters. The largest absolute Gasteiger partial charge is 0.459 e. The van der Waals surface area contributed by atoms with Crippen molar-refractivity contribution < 1.29 is 14.0 Å². The minimum atomic E-state index is -0.179. The number of rotatable bonds is 9. The molecule has 1 fully saturated rings. The summed E-state index contributed by atoms with van der Waals surface area (Å²) in [5.41, 5.74) is 0. The van der Waals surface area contributed by atoms with Crippen molar-refractivity contribution >= 4 is 11.8 Å². The molecule has 0 saturated carbocycles. The molecule has 2 heterocycles. The van der Waals surface area contributed by atoms with Crippen molar-refractivity contribution in [1.82, 2.24) is 20.4 Å². The van der Waals surface area contributed by atoms with Gasteiger partial charge in [-0.2, -0.15) is 0 Å². The van der Waals surface area contributed by atoms with E-state index >= 15 is 0 Å². The highest BCUT2D eigenvalue weighted by molar-refractivity contribution is 5.91. The quantitative estimate of drug-likeness (QED) is 0.693. The molecule has 0 spiro atoms. The lowest BCUT2D eigenvalue weighted by Gasteiger charge is -2.34. The molecule has 0 aromatic carbocycles. The van der Waals surface area contributed by atoms with Crippen LogP contribution in [-0.4, -0.2) is 73.5 Å². The second-order valence-electron chi connectivity index (χ2n) is 6.43. The molecule has 1 aromatic rings. The van der Waals surface area contributed by atoms with Crippen LogP contribution in [0, 0.1) is 0 Å². The van der Waals surface area contributed by atoms with Gasteiger partial charge in [0, 0.05) is 45.3 Å². The Balaban J connectivity index is 1.59. The molecule has 2 N–H and O–H groups in total. The number of carbonyl (C=O) groups is 2. The first-order valence-corrected chi connectivity index (χ1v) is 9.18. The van der Waals surface area contributed by atoms with E-state index in [4.69, 9.17) is 4.42 Å². The Morgan fingerprint density at radius 3 is 2.44 bits per heavy atom. The minimum absolute atomic E-state index is 0.118. The molecule has 1 aliphatic rings. The maximum atomic E-state index is 12.1. The van der Waals surface area contributed by atoms with Gasteiger partial charge in [0.2, 0.25) is 5.91 Å². The number of hydrogen-bond donors (Lipinski definition) is 2. The zero-order chi connectivity index (χ0) is 18.1. The molecule has 140 valence electrons.